The minimum absolute atomic E-state index is 0.0859. The molecule has 0 aliphatic heterocycles. The van der Waals surface area contributed by atoms with Crippen LogP contribution in [0.1, 0.15) is 28.1 Å². The van der Waals surface area contributed by atoms with E-state index < -0.39 is 34.6 Å². The van der Waals surface area contributed by atoms with Crippen LogP contribution in [0, 0.1) is 47.9 Å². The van der Waals surface area contributed by atoms with Gasteiger partial charge in [0.05, 0.1) is 5.56 Å². The highest BCUT2D eigenvalue weighted by molar-refractivity contribution is 5.84. The molecular formula is C25H15F5N2. The van der Waals surface area contributed by atoms with E-state index in [0.717, 1.165) is 11.6 Å². The molecule has 7 heteroatoms. The summed E-state index contributed by atoms with van der Waals surface area (Å²) in [5, 5.41) is -0.0310. The largest absolute Gasteiger partial charge is 0.241 e. The molecule has 0 radical (unpaired) electrons. The third-order valence-electron chi connectivity index (χ3n) is 4.88. The van der Waals surface area contributed by atoms with Gasteiger partial charge in [-0.15, -0.1) is 0 Å². The smallest absolute Gasteiger partial charge is 0.195 e. The van der Waals surface area contributed by atoms with Crippen molar-refractivity contribution >= 4 is 10.8 Å². The molecule has 4 rings (SSSR count). The van der Waals surface area contributed by atoms with Crippen molar-refractivity contribution in [1.82, 2.24) is 9.97 Å². The second-order valence-electron chi connectivity index (χ2n) is 7.28. The fraction of sp³-hybridized carbons (Fsp3) is 0.120. The van der Waals surface area contributed by atoms with Gasteiger partial charge in [0, 0.05) is 29.8 Å². The molecule has 0 amide bonds. The Morgan fingerprint density at radius 3 is 2.12 bits per heavy atom. The standard InChI is InChI=1S/C25H15F5N2/c1-14-12-31-23(32-13-14)7-4-16-9-20(26)19(21(27)10-16)6-3-15-2-5-18-17(8-15)11-22(28)25(30)24(18)29/h2,5,8-13H,4,7H2,1H3. The Kier molecular flexibility index (Phi) is 5.87. The molecule has 0 bridgehead atoms. The minimum atomic E-state index is -1.56. The summed E-state index contributed by atoms with van der Waals surface area (Å²) in [6.45, 7) is 1.86. The molecule has 0 saturated heterocycles. The summed E-state index contributed by atoms with van der Waals surface area (Å²) in [4.78, 5) is 8.33. The summed E-state index contributed by atoms with van der Waals surface area (Å²) in [5.74, 6) is -0.257. The zero-order valence-corrected chi connectivity index (χ0v) is 16.8. The van der Waals surface area contributed by atoms with Crippen LogP contribution in [0.5, 0.6) is 0 Å². The quantitative estimate of drug-likeness (QED) is 0.229. The van der Waals surface area contributed by atoms with Crippen LogP contribution in [0.2, 0.25) is 0 Å². The lowest BCUT2D eigenvalue weighted by Gasteiger charge is -2.05. The molecule has 0 aliphatic rings. The first kappa shape index (κ1) is 21.4. The molecule has 4 aromatic rings. The van der Waals surface area contributed by atoms with Crippen molar-refractivity contribution < 1.29 is 22.0 Å². The molecule has 0 aliphatic carbocycles. The zero-order chi connectivity index (χ0) is 22.8. The van der Waals surface area contributed by atoms with Crippen LogP contribution in [0.25, 0.3) is 10.8 Å². The predicted octanol–water partition coefficient (Wildman–Crippen LogP) is 5.82. The fourth-order valence-electron chi connectivity index (χ4n) is 3.21. The highest BCUT2D eigenvalue weighted by Crippen LogP contribution is 2.24. The maximum absolute atomic E-state index is 14.5. The molecule has 32 heavy (non-hydrogen) atoms. The van der Waals surface area contributed by atoms with E-state index in [1.165, 1.54) is 30.3 Å². The summed E-state index contributed by atoms with van der Waals surface area (Å²) in [7, 11) is 0. The van der Waals surface area contributed by atoms with Crippen LogP contribution in [-0.2, 0) is 12.8 Å². The number of aryl methyl sites for hydroxylation is 3. The highest BCUT2D eigenvalue weighted by Gasteiger charge is 2.14. The van der Waals surface area contributed by atoms with Crippen LogP contribution in [0.3, 0.4) is 0 Å². The van der Waals surface area contributed by atoms with Gasteiger partial charge in [0.2, 0.25) is 0 Å². The van der Waals surface area contributed by atoms with Gasteiger partial charge in [-0.3, -0.25) is 0 Å². The van der Waals surface area contributed by atoms with Crippen LogP contribution in [-0.4, -0.2) is 9.97 Å². The Morgan fingerprint density at radius 1 is 0.750 bits per heavy atom. The normalized spacial score (nSPS) is 10.8. The van der Waals surface area contributed by atoms with Crippen LogP contribution in [0.15, 0.2) is 48.8 Å². The van der Waals surface area contributed by atoms with Crippen molar-refractivity contribution in [3.05, 3.63) is 106 Å². The van der Waals surface area contributed by atoms with Gasteiger partial charge < -0.3 is 0 Å². The van der Waals surface area contributed by atoms with E-state index in [-0.39, 0.29) is 16.3 Å². The first-order chi connectivity index (χ1) is 15.3. The van der Waals surface area contributed by atoms with E-state index in [4.69, 9.17) is 0 Å². The summed E-state index contributed by atoms with van der Waals surface area (Å²) in [6, 6.07) is 7.17. The zero-order valence-electron chi connectivity index (χ0n) is 16.8. The third-order valence-corrected chi connectivity index (χ3v) is 4.88. The van der Waals surface area contributed by atoms with Gasteiger partial charge in [0.25, 0.3) is 0 Å². The molecule has 1 heterocycles. The number of halogens is 5. The molecule has 0 N–H and O–H groups in total. The second kappa shape index (κ2) is 8.75. The summed E-state index contributed by atoms with van der Waals surface area (Å²) < 4.78 is 69.6. The summed E-state index contributed by atoms with van der Waals surface area (Å²) >= 11 is 0. The number of nitrogens with zero attached hydrogens (tertiary/aromatic N) is 2. The number of rotatable bonds is 3. The van der Waals surface area contributed by atoms with Crippen molar-refractivity contribution in [2.24, 2.45) is 0 Å². The van der Waals surface area contributed by atoms with E-state index in [0.29, 0.717) is 24.2 Å². The topological polar surface area (TPSA) is 25.8 Å². The van der Waals surface area contributed by atoms with Crippen molar-refractivity contribution in [2.75, 3.05) is 0 Å². The lowest BCUT2D eigenvalue weighted by molar-refractivity contribution is 0.453. The fourth-order valence-corrected chi connectivity index (χ4v) is 3.21. The van der Waals surface area contributed by atoms with Gasteiger partial charge in [0.15, 0.2) is 17.5 Å². The summed E-state index contributed by atoms with van der Waals surface area (Å²) in [5.41, 5.74) is 1.20. The van der Waals surface area contributed by atoms with Crippen LogP contribution in [0.4, 0.5) is 22.0 Å². The van der Waals surface area contributed by atoms with Gasteiger partial charge in [-0.2, -0.15) is 0 Å². The molecular weight excluding hydrogens is 423 g/mol. The van der Waals surface area contributed by atoms with Gasteiger partial charge in [-0.25, -0.2) is 31.9 Å². The molecule has 0 fully saturated rings. The lowest BCUT2D eigenvalue weighted by atomic mass is 10.0. The van der Waals surface area contributed by atoms with E-state index in [1.807, 2.05) is 6.92 Å². The molecule has 0 spiro atoms. The highest BCUT2D eigenvalue weighted by atomic mass is 19.2. The van der Waals surface area contributed by atoms with Crippen molar-refractivity contribution in [3.63, 3.8) is 0 Å². The van der Waals surface area contributed by atoms with E-state index in [9.17, 15) is 22.0 Å². The first-order valence-corrected chi connectivity index (χ1v) is 9.66. The Morgan fingerprint density at radius 2 is 1.44 bits per heavy atom. The number of hydrogen-bond acceptors (Lipinski definition) is 2. The van der Waals surface area contributed by atoms with Gasteiger partial charge in [-0.1, -0.05) is 17.9 Å². The Bertz CT molecular complexity index is 1360. The van der Waals surface area contributed by atoms with Crippen LogP contribution >= 0.6 is 0 Å². The second-order valence-corrected chi connectivity index (χ2v) is 7.28. The van der Waals surface area contributed by atoms with Crippen molar-refractivity contribution in [3.8, 4) is 11.8 Å². The molecule has 0 atom stereocenters. The summed E-state index contributed by atoms with van der Waals surface area (Å²) in [6.07, 6.45) is 4.13. The number of benzene rings is 3. The van der Waals surface area contributed by atoms with Crippen LogP contribution < -0.4 is 0 Å². The number of fused-ring (bicyclic) bond motifs is 1. The minimum Gasteiger partial charge on any atom is -0.241 e. The van der Waals surface area contributed by atoms with Gasteiger partial charge >= 0.3 is 0 Å². The van der Waals surface area contributed by atoms with E-state index >= 15 is 0 Å². The number of hydrogen-bond donors (Lipinski definition) is 0. The predicted molar refractivity (Wildman–Crippen MR) is 110 cm³/mol. The maximum atomic E-state index is 14.5. The van der Waals surface area contributed by atoms with E-state index in [2.05, 4.69) is 21.8 Å². The van der Waals surface area contributed by atoms with Crippen molar-refractivity contribution in [2.45, 2.75) is 19.8 Å². The third kappa shape index (κ3) is 4.45. The Hall–Kier alpha value is -3.79. The average Bonchev–Trinajstić information content (AvgIpc) is 2.76. The monoisotopic (exact) mass is 438 g/mol. The average molecular weight is 438 g/mol. The molecule has 160 valence electrons. The van der Waals surface area contributed by atoms with E-state index in [1.54, 1.807) is 12.4 Å². The SMILES string of the molecule is Cc1cnc(CCc2cc(F)c(C#Cc3ccc4c(F)c(F)c(F)cc4c3)c(F)c2)nc1. The van der Waals surface area contributed by atoms with Gasteiger partial charge in [0.1, 0.15) is 17.5 Å². The first-order valence-electron chi connectivity index (χ1n) is 9.66. The molecule has 0 unspecified atom stereocenters. The lowest BCUT2D eigenvalue weighted by Crippen LogP contribution is -2.00. The molecule has 0 saturated carbocycles. The Labute approximate surface area is 180 Å². The van der Waals surface area contributed by atoms with Crippen molar-refractivity contribution in [1.29, 1.82) is 0 Å². The number of aromatic nitrogens is 2. The molecule has 2 nitrogen and oxygen atoms in total. The molecule has 1 aromatic heterocycles. The maximum Gasteiger partial charge on any atom is 0.195 e. The molecule has 3 aromatic carbocycles. The van der Waals surface area contributed by atoms with Gasteiger partial charge in [-0.05, 0) is 60.2 Å². The Balaban J connectivity index is 1.57.